The first kappa shape index (κ1) is 12.2. The highest BCUT2D eigenvalue weighted by molar-refractivity contribution is 4.89. The molecule has 0 amide bonds. The molecule has 0 bridgehead atoms. The molecule has 100 valence electrons. The van der Waals surface area contributed by atoms with Gasteiger partial charge in [-0.2, -0.15) is 0 Å². The molecular weight excluding hydrogens is 224 g/mol. The normalized spacial score (nSPS) is 28.5. The Balaban J connectivity index is 1.41. The maximum Gasteiger partial charge on any atom is 0.133 e. The maximum atomic E-state index is 4.12. The molecule has 0 saturated heterocycles. The van der Waals surface area contributed by atoms with Gasteiger partial charge < -0.3 is 9.88 Å². The molecule has 4 heteroatoms. The van der Waals surface area contributed by atoms with Crippen LogP contribution < -0.4 is 5.32 Å². The van der Waals surface area contributed by atoms with Gasteiger partial charge in [0.25, 0.3) is 0 Å². The topological polar surface area (TPSA) is 42.7 Å². The smallest absolute Gasteiger partial charge is 0.133 e. The molecule has 2 atom stereocenters. The summed E-state index contributed by atoms with van der Waals surface area (Å²) in [6, 6.07) is 0.748. The van der Waals surface area contributed by atoms with E-state index in [4.69, 9.17) is 0 Å². The minimum atomic E-state index is 0.748. The average Bonchev–Trinajstić information content (AvgIpc) is 3.15. The number of hydrogen-bond donors (Lipinski definition) is 1. The van der Waals surface area contributed by atoms with Gasteiger partial charge in [0.05, 0.1) is 0 Å². The molecule has 4 nitrogen and oxygen atoms in total. The Morgan fingerprint density at radius 3 is 2.89 bits per heavy atom. The summed E-state index contributed by atoms with van der Waals surface area (Å²) in [4.78, 5) is 0. The zero-order chi connectivity index (χ0) is 12.4. The van der Waals surface area contributed by atoms with E-state index in [-0.39, 0.29) is 0 Å². The molecular formula is C14H24N4. The molecule has 0 aliphatic heterocycles. The first-order valence-corrected chi connectivity index (χ1v) is 7.39. The van der Waals surface area contributed by atoms with E-state index in [0.717, 1.165) is 36.7 Å². The van der Waals surface area contributed by atoms with Gasteiger partial charge in [-0.15, -0.1) is 10.2 Å². The fraction of sp³-hybridized carbons (Fsp3) is 0.857. The van der Waals surface area contributed by atoms with Gasteiger partial charge in [-0.3, -0.25) is 0 Å². The summed E-state index contributed by atoms with van der Waals surface area (Å²) >= 11 is 0. The Morgan fingerprint density at radius 1 is 1.28 bits per heavy atom. The van der Waals surface area contributed by atoms with Gasteiger partial charge in [0.2, 0.25) is 0 Å². The number of rotatable bonds is 5. The SMILES string of the molecule is Cn1cnnc1CCNC1CCCC(C2CC2)C1. The van der Waals surface area contributed by atoms with Crippen LogP contribution in [0.1, 0.15) is 44.3 Å². The standard InChI is InChI=1S/C14H24N4/c1-18-10-16-17-14(18)7-8-15-13-4-2-3-12(9-13)11-5-6-11/h10-13,15H,2-9H2,1H3. The molecule has 2 unspecified atom stereocenters. The molecule has 2 saturated carbocycles. The third-order valence-corrected chi connectivity index (χ3v) is 4.59. The highest BCUT2D eigenvalue weighted by Crippen LogP contribution is 2.43. The molecule has 1 heterocycles. The van der Waals surface area contributed by atoms with Crippen LogP contribution in [0.25, 0.3) is 0 Å². The van der Waals surface area contributed by atoms with Crippen molar-refractivity contribution in [2.24, 2.45) is 18.9 Å². The third-order valence-electron chi connectivity index (χ3n) is 4.59. The van der Waals surface area contributed by atoms with Crippen LogP contribution in [-0.4, -0.2) is 27.4 Å². The lowest BCUT2D eigenvalue weighted by atomic mass is 9.83. The van der Waals surface area contributed by atoms with E-state index >= 15 is 0 Å². The molecule has 2 aliphatic carbocycles. The molecule has 0 radical (unpaired) electrons. The summed E-state index contributed by atoms with van der Waals surface area (Å²) in [5.74, 6) is 3.18. The Bertz CT molecular complexity index is 383. The fourth-order valence-corrected chi connectivity index (χ4v) is 3.33. The zero-order valence-corrected chi connectivity index (χ0v) is 11.3. The van der Waals surface area contributed by atoms with Crippen molar-refractivity contribution in [3.05, 3.63) is 12.2 Å². The van der Waals surface area contributed by atoms with Gasteiger partial charge >= 0.3 is 0 Å². The van der Waals surface area contributed by atoms with E-state index in [0.29, 0.717) is 0 Å². The van der Waals surface area contributed by atoms with Crippen molar-refractivity contribution in [3.63, 3.8) is 0 Å². The maximum absolute atomic E-state index is 4.12. The van der Waals surface area contributed by atoms with Gasteiger partial charge in [0.15, 0.2) is 0 Å². The predicted molar refractivity (Wildman–Crippen MR) is 71.2 cm³/mol. The van der Waals surface area contributed by atoms with Gasteiger partial charge in [-0.25, -0.2) is 0 Å². The Kier molecular flexibility index (Phi) is 3.64. The average molecular weight is 248 g/mol. The summed E-state index contributed by atoms with van der Waals surface area (Å²) in [7, 11) is 2.01. The van der Waals surface area contributed by atoms with Crippen molar-refractivity contribution in [3.8, 4) is 0 Å². The first-order valence-electron chi connectivity index (χ1n) is 7.39. The lowest BCUT2D eigenvalue weighted by Crippen LogP contribution is -2.36. The summed E-state index contributed by atoms with van der Waals surface area (Å²) in [6.45, 7) is 1.04. The molecule has 3 rings (SSSR count). The number of nitrogens with one attached hydrogen (secondary N) is 1. The predicted octanol–water partition coefficient (Wildman–Crippen LogP) is 1.92. The van der Waals surface area contributed by atoms with Crippen molar-refractivity contribution in [1.82, 2.24) is 20.1 Å². The van der Waals surface area contributed by atoms with E-state index in [2.05, 4.69) is 15.5 Å². The molecule has 1 aromatic heterocycles. The van der Waals surface area contributed by atoms with Crippen LogP contribution in [0.5, 0.6) is 0 Å². The number of aromatic nitrogens is 3. The van der Waals surface area contributed by atoms with Crippen LogP contribution in [0.2, 0.25) is 0 Å². The Morgan fingerprint density at radius 2 is 2.17 bits per heavy atom. The van der Waals surface area contributed by atoms with E-state index in [1.54, 1.807) is 6.33 Å². The minimum absolute atomic E-state index is 0.748. The fourth-order valence-electron chi connectivity index (χ4n) is 3.33. The molecule has 0 aromatic carbocycles. The number of nitrogens with zero attached hydrogens (tertiary/aromatic N) is 3. The molecule has 0 spiro atoms. The van der Waals surface area contributed by atoms with Crippen LogP contribution in [0, 0.1) is 11.8 Å². The lowest BCUT2D eigenvalue weighted by molar-refractivity contribution is 0.261. The summed E-state index contributed by atoms with van der Waals surface area (Å²) in [5.41, 5.74) is 0. The largest absolute Gasteiger partial charge is 0.321 e. The quantitative estimate of drug-likeness (QED) is 0.865. The first-order chi connectivity index (χ1) is 8.83. The van der Waals surface area contributed by atoms with Crippen molar-refractivity contribution >= 4 is 0 Å². The molecule has 18 heavy (non-hydrogen) atoms. The van der Waals surface area contributed by atoms with Crippen LogP contribution in [0.3, 0.4) is 0 Å². The second-order valence-corrected chi connectivity index (χ2v) is 6.02. The molecule has 2 aliphatic rings. The van der Waals surface area contributed by atoms with Crippen LogP contribution in [-0.2, 0) is 13.5 Å². The van der Waals surface area contributed by atoms with Gasteiger partial charge in [-0.1, -0.05) is 12.8 Å². The molecule has 1 aromatic rings. The highest BCUT2D eigenvalue weighted by atomic mass is 15.2. The lowest BCUT2D eigenvalue weighted by Gasteiger charge is -2.30. The van der Waals surface area contributed by atoms with Crippen LogP contribution in [0.15, 0.2) is 6.33 Å². The van der Waals surface area contributed by atoms with Crippen LogP contribution in [0.4, 0.5) is 0 Å². The van der Waals surface area contributed by atoms with E-state index < -0.39 is 0 Å². The third kappa shape index (κ3) is 2.91. The monoisotopic (exact) mass is 248 g/mol. The molecule has 1 N–H and O–H groups in total. The summed E-state index contributed by atoms with van der Waals surface area (Å²) in [6.07, 6.45) is 11.4. The van der Waals surface area contributed by atoms with Crippen molar-refractivity contribution in [2.45, 2.75) is 51.0 Å². The summed E-state index contributed by atoms with van der Waals surface area (Å²) in [5, 5.41) is 11.8. The van der Waals surface area contributed by atoms with E-state index in [1.807, 2.05) is 11.6 Å². The van der Waals surface area contributed by atoms with Crippen molar-refractivity contribution in [2.75, 3.05) is 6.54 Å². The number of hydrogen-bond acceptors (Lipinski definition) is 3. The second-order valence-electron chi connectivity index (χ2n) is 6.02. The highest BCUT2D eigenvalue weighted by Gasteiger charge is 2.34. The molecule has 2 fully saturated rings. The Hall–Kier alpha value is -0.900. The minimum Gasteiger partial charge on any atom is -0.321 e. The summed E-state index contributed by atoms with van der Waals surface area (Å²) < 4.78 is 2.01. The van der Waals surface area contributed by atoms with E-state index in [1.165, 1.54) is 38.5 Å². The zero-order valence-electron chi connectivity index (χ0n) is 11.3. The van der Waals surface area contributed by atoms with Gasteiger partial charge in [0.1, 0.15) is 12.2 Å². The van der Waals surface area contributed by atoms with Crippen molar-refractivity contribution in [1.29, 1.82) is 0 Å². The van der Waals surface area contributed by atoms with E-state index in [9.17, 15) is 0 Å². The van der Waals surface area contributed by atoms with Crippen molar-refractivity contribution < 1.29 is 0 Å². The van der Waals surface area contributed by atoms with Gasteiger partial charge in [0, 0.05) is 26.1 Å². The van der Waals surface area contributed by atoms with Crippen LogP contribution >= 0.6 is 0 Å². The Labute approximate surface area is 109 Å². The van der Waals surface area contributed by atoms with Gasteiger partial charge in [-0.05, 0) is 37.5 Å². The number of aryl methyl sites for hydroxylation is 1. The second kappa shape index (κ2) is 5.39.